The molecule has 0 saturated heterocycles. The van der Waals surface area contributed by atoms with Gasteiger partial charge in [-0.2, -0.15) is 0 Å². The Morgan fingerprint density at radius 3 is 2.12 bits per heavy atom. The van der Waals surface area contributed by atoms with E-state index < -0.39 is 9.84 Å². The molecule has 1 N–H and O–H groups in total. The first-order valence-electron chi connectivity index (χ1n) is 11.5. The van der Waals surface area contributed by atoms with Gasteiger partial charge in [0.25, 0.3) is 5.91 Å². The summed E-state index contributed by atoms with van der Waals surface area (Å²) in [5, 5.41) is 5.18. The van der Waals surface area contributed by atoms with Gasteiger partial charge in [0.15, 0.2) is 9.84 Å². The van der Waals surface area contributed by atoms with E-state index in [0.29, 0.717) is 17.0 Å². The van der Waals surface area contributed by atoms with E-state index in [4.69, 9.17) is 0 Å². The van der Waals surface area contributed by atoms with Gasteiger partial charge in [-0.05, 0) is 74.6 Å². The molecule has 34 heavy (non-hydrogen) atoms. The smallest absolute Gasteiger partial charge is 0.251 e. The lowest BCUT2D eigenvalue weighted by atomic mass is 10.1. The molecule has 0 radical (unpaired) electrons. The molecule has 0 aliphatic carbocycles. The second-order valence-electron chi connectivity index (χ2n) is 8.80. The van der Waals surface area contributed by atoms with Crippen LogP contribution in [0.15, 0.2) is 65.6 Å². The van der Waals surface area contributed by atoms with Crippen LogP contribution in [0, 0.1) is 0 Å². The molecule has 6 nitrogen and oxygen atoms in total. The normalized spacial score (nSPS) is 12.0. The number of aromatic nitrogens is 1. The maximum Gasteiger partial charge on any atom is 0.251 e. The first kappa shape index (κ1) is 24.0. The van der Waals surface area contributed by atoms with Gasteiger partial charge < -0.3 is 14.8 Å². The number of carbonyl (C=O) groups is 1. The Bertz CT molecular complexity index is 1450. The molecule has 1 heterocycles. The molecule has 0 unspecified atom stereocenters. The van der Waals surface area contributed by atoms with Crippen LogP contribution in [-0.4, -0.2) is 43.6 Å². The highest BCUT2D eigenvalue weighted by molar-refractivity contribution is 7.91. The molecule has 0 aliphatic heterocycles. The average molecular weight is 478 g/mol. The quantitative estimate of drug-likeness (QED) is 0.403. The molecule has 178 valence electrons. The Kier molecular flexibility index (Phi) is 6.77. The summed E-state index contributed by atoms with van der Waals surface area (Å²) in [6, 6.07) is 19.1. The van der Waals surface area contributed by atoms with Crippen LogP contribution in [0.4, 0.5) is 0 Å². The van der Waals surface area contributed by atoms with Crippen LogP contribution in [-0.2, 0) is 29.5 Å². The van der Waals surface area contributed by atoms with Gasteiger partial charge in [0.05, 0.1) is 10.6 Å². The van der Waals surface area contributed by atoms with Crippen LogP contribution in [0.5, 0.6) is 0 Å². The molecule has 0 atom stereocenters. The molecule has 0 bridgehead atoms. The summed E-state index contributed by atoms with van der Waals surface area (Å²) in [6.07, 6.45) is 0. The second-order valence-corrected chi connectivity index (χ2v) is 11.1. The lowest BCUT2D eigenvalue weighted by molar-refractivity contribution is 0.0951. The standard InChI is InChI=1S/C27H31N3O3S/c1-5-30-25-13-9-20(18-29(3)4)15-23(25)24-16-21(10-14-26(24)30)27(31)28-17-19-7-11-22(12-8-19)34(32,33)6-2/h7-16H,5-6,17-18H2,1-4H3,(H,28,31). The van der Waals surface area contributed by atoms with Crippen LogP contribution in [0.25, 0.3) is 21.8 Å². The number of fused-ring (bicyclic) bond motifs is 3. The Morgan fingerprint density at radius 1 is 0.882 bits per heavy atom. The van der Waals surface area contributed by atoms with Crippen molar-refractivity contribution in [1.29, 1.82) is 0 Å². The van der Waals surface area contributed by atoms with Crippen molar-refractivity contribution in [1.82, 2.24) is 14.8 Å². The number of hydrogen-bond acceptors (Lipinski definition) is 4. The number of aryl methyl sites for hydroxylation is 1. The largest absolute Gasteiger partial charge is 0.348 e. The molecule has 3 aromatic carbocycles. The van der Waals surface area contributed by atoms with Crippen molar-refractivity contribution in [3.63, 3.8) is 0 Å². The zero-order valence-electron chi connectivity index (χ0n) is 20.1. The molecular weight excluding hydrogens is 446 g/mol. The van der Waals surface area contributed by atoms with Gasteiger partial charge in [-0.15, -0.1) is 0 Å². The van der Waals surface area contributed by atoms with Crippen molar-refractivity contribution in [2.45, 2.75) is 38.4 Å². The lowest BCUT2D eigenvalue weighted by Gasteiger charge is -2.10. The van der Waals surface area contributed by atoms with Gasteiger partial charge in [0.2, 0.25) is 0 Å². The van der Waals surface area contributed by atoms with Gasteiger partial charge in [-0.3, -0.25) is 4.79 Å². The van der Waals surface area contributed by atoms with Gasteiger partial charge >= 0.3 is 0 Å². The van der Waals surface area contributed by atoms with Crippen LogP contribution in [0.2, 0.25) is 0 Å². The maximum absolute atomic E-state index is 12.9. The molecule has 0 aliphatic rings. The van der Waals surface area contributed by atoms with E-state index in [9.17, 15) is 13.2 Å². The van der Waals surface area contributed by atoms with Gasteiger partial charge in [-0.25, -0.2) is 8.42 Å². The van der Waals surface area contributed by atoms with E-state index in [2.05, 4.69) is 54.0 Å². The van der Waals surface area contributed by atoms with Crippen LogP contribution >= 0.6 is 0 Å². The van der Waals surface area contributed by atoms with Crippen molar-refractivity contribution in [2.75, 3.05) is 19.8 Å². The van der Waals surface area contributed by atoms with Gasteiger partial charge in [0.1, 0.15) is 0 Å². The highest BCUT2D eigenvalue weighted by atomic mass is 32.2. The summed E-state index contributed by atoms with van der Waals surface area (Å²) in [6.45, 7) is 5.79. The van der Waals surface area contributed by atoms with E-state index in [1.165, 1.54) is 11.1 Å². The fourth-order valence-corrected chi connectivity index (χ4v) is 5.25. The van der Waals surface area contributed by atoms with Gasteiger partial charge in [0, 0.05) is 47.0 Å². The zero-order valence-corrected chi connectivity index (χ0v) is 20.9. The first-order valence-corrected chi connectivity index (χ1v) is 13.2. The van der Waals surface area contributed by atoms with E-state index in [0.717, 1.165) is 34.9 Å². The second kappa shape index (κ2) is 9.60. The number of hydrogen-bond donors (Lipinski definition) is 1. The Morgan fingerprint density at radius 2 is 1.50 bits per heavy atom. The van der Waals surface area contributed by atoms with E-state index in [-0.39, 0.29) is 11.7 Å². The zero-order chi connectivity index (χ0) is 24.5. The Balaban J connectivity index is 1.60. The highest BCUT2D eigenvalue weighted by Crippen LogP contribution is 2.31. The summed E-state index contributed by atoms with van der Waals surface area (Å²) >= 11 is 0. The van der Waals surface area contributed by atoms with Crippen molar-refractivity contribution < 1.29 is 13.2 Å². The number of sulfone groups is 1. The summed E-state index contributed by atoms with van der Waals surface area (Å²) in [5.74, 6) is -0.0922. The number of nitrogens with one attached hydrogen (secondary N) is 1. The summed E-state index contributed by atoms with van der Waals surface area (Å²) < 4.78 is 26.2. The molecule has 4 rings (SSSR count). The molecule has 1 amide bonds. The molecule has 0 spiro atoms. The molecule has 7 heteroatoms. The first-order chi connectivity index (χ1) is 16.2. The molecular formula is C27H31N3O3S. The number of benzene rings is 3. The Hall–Kier alpha value is -3.16. The van der Waals surface area contributed by atoms with Crippen molar-refractivity contribution >= 4 is 37.6 Å². The van der Waals surface area contributed by atoms with Crippen LogP contribution in [0.3, 0.4) is 0 Å². The number of rotatable bonds is 8. The van der Waals surface area contributed by atoms with Crippen molar-refractivity contribution in [2.24, 2.45) is 0 Å². The predicted octanol–water partition coefficient (Wildman–Crippen LogP) is 4.60. The Labute approximate surface area is 201 Å². The third-order valence-electron chi connectivity index (χ3n) is 6.12. The third kappa shape index (κ3) is 4.72. The molecule has 0 saturated carbocycles. The minimum absolute atomic E-state index is 0.0661. The van der Waals surface area contributed by atoms with E-state index >= 15 is 0 Å². The summed E-state index contributed by atoms with van der Waals surface area (Å²) in [5.41, 5.74) is 4.96. The predicted molar refractivity (Wildman–Crippen MR) is 138 cm³/mol. The lowest BCUT2D eigenvalue weighted by Crippen LogP contribution is -2.22. The van der Waals surface area contributed by atoms with Crippen LogP contribution in [0.1, 0.15) is 35.3 Å². The summed E-state index contributed by atoms with van der Waals surface area (Å²) in [7, 11) is 0.877. The van der Waals surface area contributed by atoms with Gasteiger partial charge in [-0.1, -0.05) is 25.1 Å². The molecule has 0 fully saturated rings. The maximum atomic E-state index is 12.9. The third-order valence-corrected chi connectivity index (χ3v) is 7.87. The van der Waals surface area contributed by atoms with E-state index in [1.54, 1.807) is 31.2 Å². The minimum atomic E-state index is -3.23. The molecule has 1 aromatic heterocycles. The summed E-state index contributed by atoms with van der Waals surface area (Å²) in [4.78, 5) is 15.4. The minimum Gasteiger partial charge on any atom is -0.348 e. The number of nitrogens with zero attached hydrogens (tertiary/aromatic N) is 2. The monoisotopic (exact) mass is 477 g/mol. The fraction of sp³-hybridized carbons (Fsp3) is 0.296. The van der Waals surface area contributed by atoms with E-state index in [1.807, 2.05) is 18.2 Å². The number of carbonyl (C=O) groups excluding carboxylic acids is 1. The van der Waals surface area contributed by atoms with Crippen molar-refractivity contribution in [3.05, 3.63) is 77.4 Å². The fourth-order valence-electron chi connectivity index (χ4n) is 4.36. The number of amides is 1. The average Bonchev–Trinajstić information content (AvgIpc) is 3.14. The van der Waals surface area contributed by atoms with Crippen molar-refractivity contribution in [3.8, 4) is 0 Å². The highest BCUT2D eigenvalue weighted by Gasteiger charge is 2.15. The van der Waals surface area contributed by atoms with Crippen LogP contribution < -0.4 is 5.32 Å². The molecule has 4 aromatic rings. The topological polar surface area (TPSA) is 71.4 Å². The SMILES string of the molecule is CCn1c2ccc(CN(C)C)cc2c2cc(C(=O)NCc3ccc(S(=O)(=O)CC)cc3)ccc21.